The predicted octanol–water partition coefficient (Wildman–Crippen LogP) is 0.136. The van der Waals surface area contributed by atoms with E-state index in [0.717, 1.165) is 0 Å². The second kappa shape index (κ2) is 6.95. The quantitative estimate of drug-likeness (QED) is 0.223. The summed E-state index contributed by atoms with van der Waals surface area (Å²) in [5, 5.41) is 19.3. The van der Waals surface area contributed by atoms with Crippen LogP contribution in [0.3, 0.4) is 0 Å². The average Bonchev–Trinajstić information content (AvgIpc) is 2.21. The lowest BCUT2D eigenvalue weighted by Crippen LogP contribution is -2.10. The molecule has 0 heterocycles. The van der Waals surface area contributed by atoms with E-state index in [0.29, 0.717) is 0 Å². The molecule has 0 N–H and O–H groups in total. The van der Waals surface area contributed by atoms with Crippen LogP contribution in [-0.4, -0.2) is 55.6 Å². The van der Waals surface area contributed by atoms with E-state index in [4.69, 9.17) is 5.26 Å². The second-order valence-electron chi connectivity index (χ2n) is 3.46. The molecule has 0 radical (unpaired) electrons. The number of allylic oxidation sites excluding steroid dienone is 1. The van der Waals surface area contributed by atoms with Gasteiger partial charge in [0.1, 0.15) is 0 Å². The van der Waals surface area contributed by atoms with E-state index >= 15 is 0 Å². The van der Waals surface area contributed by atoms with Crippen LogP contribution in [0.15, 0.2) is 21.5 Å². The highest BCUT2D eigenvalue weighted by Crippen LogP contribution is 2.07. The summed E-state index contributed by atoms with van der Waals surface area (Å²) >= 11 is 0. The molecule has 0 rings (SSSR count). The molecule has 0 fully saturated rings. The molecule has 0 aromatic carbocycles. The zero-order chi connectivity index (χ0) is 13.4. The van der Waals surface area contributed by atoms with Crippen molar-refractivity contribution in [3.8, 4) is 6.07 Å². The van der Waals surface area contributed by atoms with Gasteiger partial charge in [-0.1, -0.05) is 0 Å². The van der Waals surface area contributed by atoms with Gasteiger partial charge >= 0.3 is 5.70 Å². The van der Waals surface area contributed by atoms with E-state index in [9.17, 15) is 10.1 Å². The fourth-order valence-corrected chi connectivity index (χ4v) is 0.668. The summed E-state index contributed by atoms with van der Waals surface area (Å²) in [7, 11) is 6.81. The van der Waals surface area contributed by atoms with Gasteiger partial charge in [0, 0.05) is 28.2 Å². The van der Waals surface area contributed by atoms with Gasteiger partial charge in [0.15, 0.2) is 6.07 Å². The van der Waals surface area contributed by atoms with Crippen LogP contribution >= 0.6 is 0 Å². The number of rotatable bonds is 5. The molecule has 92 valence electrons. The van der Waals surface area contributed by atoms with Crippen molar-refractivity contribution < 1.29 is 4.92 Å². The highest BCUT2D eigenvalue weighted by molar-refractivity contribution is 5.60. The summed E-state index contributed by atoms with van der Waals surface area (Å²) in [5.41, 5.74) is -0.693. The zero-order valence-electron chi connectivity index (χ0n) is 10.2. The Morgan fingerprint density at radius 1 is 1.24 bits per heavy atom. The number of nitriles is 1. The summed E-state index contributed by atoms with van der Waals surface area (Å²) < 4.78 is 0. The van der Waals surface area contributed by atoms with Crippen molar-refractivity contribution in [3.05, 3.63) is 21.6 Å². The molecule has 0 aromatic heterocycles. The highest BCUT2D eigenvalue weighted by Gasteiger charge is 2.17. The molecule has 8 heteroatoms. The van der Waals surface area contributed by atoms with Gasteiger partial charge in [0.05, 0.1) is 17.6 Å². The summed E-state index contributed by atoms with van der Waals surface area (Å²) in [6.45, 7) is 0. The van der Waals surface area contributed by atoms with Crippen LogP contribution in [-0.2, 0) is 0 Å². The topological polar surface area (TPSA) is 98.1 Å². The van der Waals surface area contributed by atoms with E-state index in [-0.39, 0.29) is 5.82 Å². The third-order valence-electron chi connectivity index (χ3n) is 1.32. The van der Waals surface area contributed by atoms with Crippen molar-refractivity contribution in [2.45, 2.75) is 0 Å². The van der Waals surface area contributed by atoms with E-state index in [1.807, 2.05) is 0 Å². The van der Waals surface area contributed by atoms with Crippen molar-refractivity contribution in [2.24, 2.45) is 9.98 Å². The van der Waals surface area contributed by atoms with E-state index in [1.54, 1.807) is 38.0 Å². The Hall–Kier alpha value is -2.43. The Labute approximate surface area is 99.3 Å². The average molecular weight is 238 g/mol. The fourth-order valence-electron chi connectivity index (χ4n) is 0.668. The lowest BCUT2D eigenvalue weighted by molar-refractivity contribution is -0.418. The van der Waals surface area contributed by atoms with Gasteiger partial charge < -0.3 is 9.80 Å². The first-order chi connectivity index (χ1) is 7.88. The molecule has 0 bridgehead atoms. The zero-order valence-corrected chi connectivity index (χ0v) is 10.2. The minimum Gasteiger partial charge on any atom is -0.369 e. The SMILES string of the molecule is CN(C)/C=N\C(/N=C/N(C)C)=C(C#N)[N+](=O)[O-]. The van der Waals surface area contributed by atoms with Gasteiger partial charge in [-0.15, -0.1) is 0 Å². The molecule has 0 saturated carbocycles. The lowest BCUT2D eigenvalue weighted by atomic mass is 10.5. The third-order valence-corrected chi connectivity index (χ3v) is 1.32. The number of nitro groups is 1. The maximum atomic E-state index is 10.6. The first-order valence-electron chi connectivity index (χ1n) is 4.58. The second-order valence-corrected chi connectivity index (χ2v) is 3.46. The van der Waals surface area contributed by atoms with Gasteiger partial charge in [-0.3, -0.25) is 10.1 Å². The molecule has 0 aliphatic rings. The molecule has 17 heavy (non-hydrogen) atoms. The number of nitrogens with zero attached hydrogens (tertiary/aromatic N) is 6. The molecule has 0 aliphatic carbocycles. The Bertz CT molecular complexity index is 382. The summed E-state index contributed by atoms with van der Waals surface area (Å²) in [6.07, 6.45) is 2.67. The summed E-state index contributed by atoms with van der Waals surface area (Å²) in [4.78, 5) is 20.5. The third kappa shape index (κ3) is 5.88. The largest absolute Gasteiger partial charge is 0.389 e. The minimum absolute atomic E-state index is 0.236. The van der Waals surface area contributed by atoms with Gasteiger partial charge in [0.25, 0.3) is 0 Å². The van der Waals surface area contributed by atoms with Crippen molar-refractivity contribution in [1.29, 1.82) is 5.26 Å². The number of hydrogen-bond donors (Lipinski definition) is 0. The molecule has 0 unspecified atom stereocenters. The normalized spacial score (nSPS) is 12.4. The van der Waals surface area contributed by atoms with Gasteiger partial charge in [-0.2, -0.15) is 5.26 Å². The van der Waals surface area contributed by atoms with Crippen LogP contribution in [0.2, 0.25) is 0 Å². The molecular weight excluding hydrogens is 224 g/mol. The van der Waals surface area contributed by atoms with Crippen molar-refractivity contribution >= 4 is 12.7 Å². The van der Waals surface area contributed by atoms with Crippen LogP contribution in [0.4, 0.5) is 0 Å². The molecule has 0 amide bonds. The van der Waals surface area contributed by atoms with E-state index in [2.05, 4.69) is 9.98 Å². The van der Waals surface area contributed by atoms with Crippen molar-refractivity contribution in [1.82, 2.24) is 9.80 Å². The van der Waals surface area contributed by atoms with Crippen LogP contribution in [0, 0.1) is 21.4 Å². The molecule has 8 nitrogen and oxygen atoms in total. The smallest absolute Gasteiger partial charge is 0.369 e. The first-order valence-corrected chi connectivity index (χ1v) is 4.58. The number of hydrogen-bond acceptors (Lipinski definition) is 5. The molecule has 0 saturated heterocycles. The minimum atomic E-state index is -0.810. The number of aliphatic imine (C=N–C) groups is 2. The monoisotopic (exact) mass is 238 g/mol. The molecule has 0 spiro atoms. The highest BCUT2D eigenvalue weighted by atomic mass is 16.6. The lowest BCUT2D eigenvalue weighted by Gasteiger charge is -2.03. The Morgan fingerprint density at radius 3 is 1.88 bits per heavy atom. The van der Waals surface area contributed by atoms with Crippen LogP contribution in [0.1, 0.15) is 0 Å². The summed E-state index contributed by atoms with van der Waals surface area (Å²) in [6, 6.07) is 1.47. The predicted molar refractivity (Wildman–Crippen MR) is 64.0 cm³/mol. The Kier molecular flexibility index (Phi) is 5.95. The first kappa shape index (κ1) is 14.6. The van der Waals surface area contributed by atoms with Crippen LogP contribution in [0.25, 0.3) is 0 Å². The molecular formula is C9H14N6O2. The van der Waals surface area contributed by atoms with Gasteiger partial charge in [-0.05, 0) is 0 Å². The van der Waals surface area contributed by atoms with Crippen LogP contribution < -0.4 is 0 Å². The van der Waals surface area contributed by atoms with Crippen LogP contribution in [0.5, 0.6) is 0 Å². The van der Waals surface area contributed by atoms with Gasteiger partial charge in [0.2, 0.25) is 5.82 Å². The maximum absolute atomic E-state index is 10.6. The molecule has 0 aliphatic heterocycles. The molecule has 0 atom stereocenters. The van der Waals surface area contributed by atoms with E-state index in [1.165, 1.54) is 18.7 Å². The van der Waals surface area contributed by atoms with E-state index < -0.39 is 10.6 Å². The summed E-state index contributed by atoms with van der Waals surface area (Å²) in [5.74, 6) is -0.236. The standard InChI is InChI=1S/C9H14N6O2/c1-13(2)6-11-9(12-7-14(3)4)8(5-10)15(16)17/h6-7H,1-4H3/b9-8?,11-6-,12-7+. The fraction of sp³-hybridized carbons (Fsp3) is 0.444. The van der Waals surface area contributed by atoms with Crippen molar-refractivity contribution in [3.63, 3.8) is 0 Å². The Balaban J connectivity index is 5.39. The van der Waals surface area contributed by atoms with Crippen molar-refractivity contribution in [2.75, 3.05) is 28.2 Å². The van der Waals surface area contributed by atoms with Gasteiger partial charge in [-0.25, -0.2) is 9.98 Å². The Morgan fingerprint density at radius 2 is 1.65 bits per heavy atom. The molecule has 0 aromatic rings. The maximum Gasteiger partial charge on any atom is 0.389 e.